The zero-order valence-electron chi connectivity index (χ0n) is 7.40. The van der Waals surface area contributed by atoms with E-state index in [0.29, 0.717) is 11.8 Å². The van der Waals surface area contributed by atoms with Crippen LogP contribution in [0.4, 0.5) is 0 Å². The second kappa shape index (κ2) is 2.60. The summed E-state index contributed by atoms with van der Waals surface area (Å²) in [5, 5.41) is 8.81. The van der Waals surface area contributed by atoms with Crippen molar-refractivity contribution >= 4 is 0 Å². The van der Waals surface area contributed by atoms with Crippen LogP contribution in [0, 0.1) is 29.1 Å². The maximum absolute atomic E-state index is 8.81. The summed E-state index contributed by atoms with van der Waals surface area (Å²) in [4.78, 5) is 0. The van der Waals surface area contributed by atoms with Gasteiger partial charge in [-0.15, -0.1) is 0 Å². The van der Waals surface area contributed by atoms with Crippen LogP contribution < -0.4 is 0 Å². The molecule has 2 aliphatic heterocycles. The number of nitriles is 1. The molecule has 2 rings (SSSR count). The Kier molecular flexibility index (Phi) is 1.69. The number of ether oxygens (including phenoxy) is 1. The van der Waals surface area contributed by atoms with Crippen molar-refractivity contribution in [2.45, 2.75) is 26.1 Å². The third-order valence-electron chi connectivity index (χ3n) is 3.09. The Morgan fingerprint density at radius 3 is 2.58 bits per heavy atom. The second-order valence-electron chi connectivity index (χ2n) is 3.80. The third-order valence-corrected chi connectivity index (χ3v) is 3.09. The normalized spacial score (nSPS) is 46.1. The number of hydrogen-bond acceptors (Lipinski definition) is 2. The van der Waals surface area contributed by atoms with Crippen molar-refractivity contribution in [3.05, 3.63) is 12.2 Å². The molecular weight excluding hydrogens is 150 g/mol. The quantitative estimate of drug-likeness (QED) is 0.551. The van der Waals surface area contributed by atoms with Crippen LogP contribution in [0.5, 0.6) is 0 Å². The van der Waals surface area contributed by atoms with Crippen LogP contribution in [-0.4, -0.2) is 12.2 Å². The van der Waals surface area contributed by atoms with Crippen LogP contribution in [0.25, 0.3) is 0 Å². The minimum Gasteiger partial charge on any atom is -0.366 e. The number of nitrogens with zero attached hydrogens (tertiary/aromatic N) is 1. The van der Waals surface area contributed by atoms with E-state index in [9.17, 15) is 0 Å². The predicted molar refractivity (Wildman–Crippen MR) is 45.2 cm³/mol. The molecule has 2 aliphatic rings. The summed E-state index contributed by atoms with van der Waals surface area (Å²) in [5.74, 6) is 1.03. The van der Waals surface area contributed by atoms with Crippen LogP contribution in [-0.2, 0) is 4.74 Å². The van der Waals surface area contributed by atoms with Gasteiger partial charge in [-0.25, -0.2) is 0 Å². The molecule has 2 heteroatoms. The highest BCUT2D eigenvalue weighted by molar-refractivity contribution is 5.15. The Morgan fingerprint density at radius 1 is 1.42 bits per heavy atom. The largest absolute Gasteiger partial charge is 0.366 e. The van der Waals surface area contributed by atoms with Gasteiger partial charge in [0, 0.05) is 11.8 Å². The molecule has 12 heavy (non-hydrogen) atoms. The Hall–Kier alpha value is -0.810. The average Bonchev–Trinajstić information content (AvgIpc) is 2.63. The molecule has 0 saturated carbocycles. The first kappa shape index (κ1) is 7.82. The summed E-state index contributed by atoms with van der Waals surface area (Å²) >= 11 is 0. The summed E-state index contributed by atoms with van der Waals surface area (Å²) < 4.78 is 5.66. The molecule has 0 amide bonds. The minimum atomic E-state index is 0.111. The first-order valence-electron chi connectivity index (χ1n) is 4.47. The van der Waals surface area contributed by atoms with Gasteiger partial charge in [0.2, 0.25) is 0 Å². The van der Waals surface area contributed by atoms with Crippen LogP contribution in [0.2, 0.25) is 0 Å². The van der Waals surface area contributed by atoms with E-state index in [-0.39, 0.29) is 18.1 Å². The molecule has 5 atom stereocenters. The van der Waals surface area contributed by atoms with Gasteiger partial charge in [-0.05, 0) is 12.8 Å². The van der Waals surface area contributed by atoms with Gasteiger partial charge in [0.15, 0.2) is 0 Å². The molecule has 0 aromatic rings. The van der Waals surface area contributed by atoms with Gasteiger partial charge in [0.05, 0.1) is 18.3 Å². The van der Waals surface area contributed by atoms with Gasteiger partial charge >= 0.3 is 0 Å². The summed E-state index contributed by atoms with van der Waals surface area (Å²) in [6.07, 6.45) is 4.70. The van der Waals surface area contributed by atoms with E-state index in [1.54, 1.807) is 0 Å². The highest BCUT2D eigenvalue weighted by atomic mass is 16.5. The van der Waals surface area contributed by atoms with Crippen LogP contribution >= 0.6 is 0 Å². The van der Waals surface area contributed by atoms with E-state index in [4.69, 9.17) is 10.00 Å². The standard InChI is InChI=1S/C10H13NO/c1-6(5-11)10-7(2)8-3-4-9(10)12-8/h3-4,6-10H,1-2H3. The molecule has 0 aromatic carbocycles. The Morgan fingerprint density at radius 2 is 2.08 bits per heavy atom. The lowest BCUT2D eigenvalue weighted by Gasteiger charge is -2.23. The first-order valence-corrected chi connectivity index (χ1v) is 4.47. The highest BCUT2D eigenvalue weighted by Crippen LogP contribution is 2.42. The van der Waals surface area contributed by atoms with Crippen molar-refractivity contribution in [1.29, 1.82) is 5.26 Å². The summed E-state index contributed by atoms with van der Waals surface area (Å²) in [5.41, 5.74) is 0. The van der Waals surface area contributed by atoms with Gasteiger partial charge in [-0.2, -0.15) is 5.26 Å². The summed E-state index contributed by atoms with van der Waals surface area (Å²) in [7, 11) is 0. The molecule has 0 spiro atoms. The lowest BCUT2D eigenvalue weighted by atomic mass is 9.77. The van der Waals surface area contributed by atoms with Crippen molar-refractivity contribution in [3.63, 3.8) is 0 Å². The minimum absolute atomic E-state index is 0.111. The summed E-state index contributed by atoms with van der Waals surface area (Å²) in [6.45, 7) is 4.16. The van der Waals surface area contributed by atoms with Crippen molar-refractivity contribution in [1.82, 2.24) is 0 Å². The smallest absolute Gasteiger partial charge is 0.0809 e. The fraction of sp³-hybridized carbons (Fsp3) is 0.700. The van der Waals surface area contributed by atoms with Crippen LogP contribution in [0.15, 0.2) is 12.2 Å². The zero-order chi connectivity index (χ0) is 8.72. The van der Waals surface area contributed by atoms with E-state index in [1.807, 2.05) is 6.92 Å². The Balaban J connectivity index is 2.19. The van der Waals surface area contributed by atoms with E-state index in [1.165, 1.54) is 0 Å². The lowest BCUT2D eigenvalue weighted by molar-refractivity contribution is 0.101. The molecule has 0 radical (unpaired) electrons. The third kappa shape index (κ3) is 0.899. The van der Waals surface area contributed by atoms with Gasteiger partial charge in [-0.3, -0.25) is 0 Å². The Labute approximate surface area is 72.8 Å². The maximum Gasteiger partial charge on any atom is 0.0809 e. The molecule has 0 N–H and O–H groups in total. The molecule has 0 aliphatic carbocycles. The van der Waals surface area contributed by atoms with Crippen molar-refractivity contribution < 1.29 is 4.74 Å². The number of fused-ring (bicyclic) bond motifs is 2. The monoisotopic (exact) mass is 163 g/mol. The topological polar surface area (TPSA) is 33.0 Å². The van der Waals surface area contributed by atoms with Crippen molar-refractivity contribution in [3.8, 4) is 6.07 Å². The number of rotatable bonds is 1. The summed E-state index contributed by atoms with van der Waals surface area (Å²) in [6, 6.07) is 2.31. The van der Waals surface area contributed by atoms with Gasteiger partial charge in [-0.1, -0.05) is 19.1 Å². The maximum atomic E-state index is 8.81. The molecule has 2 bridgehead atoms. The second-order valence-corrected chi connectivity index (χ2v) is 3.80. The molecule has 1 fully saturated rings. The zero-order valence-corrected chi connectivity index (χ0v) is 7.40. The van der Waals surface area contributed by atoms with Gasteiger partial charge in [0.25, 0.3) is 0 Å². The lowest BCUT2D eigenvalue weighted by Crippen LogP contribution is -2.26. The molecule has 0 aromatic heterocycles. The molecule has 5 unspecified atom stereocenters. The number of hydrogen-bond donors (Lipinski definition) is 0. The van der Waals surface area contributed by atoms with E-state index >= 15 is 0 Å². The van der Waals surface area contributed by atoms with Crippen molar-refractivity contribution in [2.75, 3.05) is 0 Å². The predicted octanol–water partition coefficient (Wildman–Crippen LogP) is 1.74. The van der Waals surface area contributed by atoms with Gasteiger partial charge < -0.3 is 4.74 Å². The fourth-order valence-corrected chi connectivity index (χ4v) is 2.35. The average molecular weight is 163 g/mol. The first-order chi connectivity index (χ1) is 5.74. The van der Waals surface area contributed by atoms with Gasteiger partial charge in [0.1, 0.15) is 0 Å². The molecule has 2 nitrogen and oxygen atoms in total. The van der Waals surface area contributed by atoms with E-state index < -0.39 is 0 Å². The molecule has 64 valence electrons. The van der Waals surface area contributed by atoms with Crippen LogP contribution in [0.3, 0.4) is 0 Å². The molecule has 2 heterocycles. The SMILES string of the molecule is CC(C#N)C1C2C=CC(O2)C1C. The molecular formula is C10H13NO. The van der Waals surface area contributed by atoms with Crippen LogP contribution in [0.1, 0.15) is 13.8 Å². The Bertz CT molecular complexity index is 253. The van der Waals surface area contributed by atoms with Crippen molar-refractivity contribution in [2.24, 2.45) is 17.8 Å². The van der Waals surface area contributed by atoms with E-state index in [2.05, 4.69) is 25.1 Å². The van der Waals surface area contributed by atoms with E-state index in [0.717, 1.165) is 0 Å². The highest BCUT2D eigenvalue weighted by Gasteiger charge is 2.45. The molecule has 1 saturated heterocycles. The fourth-order valence-electron chi connectivity index (χ4n) is 2.35.